The molecule has 0 saturated heterocycles. The van der Waals surface area contributed by atoms with Crippen LogP contribution in [0.3, 0.4) is 0 Å². The number of para-hydroxylation sites is 2. The van der Waals surface area contributed by atoms with Gasteiger partial charge in [0.05, 0.1) is 23.9 Å². The molecule has 0 fully saturated rings. The maximum atomic E-state index is 13.8. The molecule has 0 saturated carbocycles. The first kappa shape index (κ1) is 32.5. The number of rotatable bonds is 10. The van der Waals surface area contributed by atoms with Crippen molar-refractivity contribution in [1.29, 1.82) is 0 Å². The summed E-state index contributed by atoms with van der Waals surface area (Å²) >= 11 is 0. The highest BCUT2D eigenvalue weighted by Gasteiger charge is 2.34. The molecule has 0 bridgehead atoms. The lowest BCUT2D eigenvalue weighted by Gasteiger charge is -2.38. The number of carbonyl (C=O) groups excluding carboxylic acids is 2. The highest BCUT2D eigenvalue weighted by molar-refractivity contribution is 6.04. The van der Waals surface area contributed by atoms with Gasteiger partial charge >= 0.3 is 6.03 Å². The van der Waals surface area contributed by atoms with E-state index in [4.69, 9.17) is 9.47 Å². The van der Waals surface area contributed by atoms with Gasteiger partial charge in [-0.3, -0.25) is 9.69 Å². The van der Waals surface area contributed by atoms with Crippen LogP contribution in [0.2, 0.25) is 0 Å². The molecule has 5 rings (SSSR count). The molecule has 1 aliphatic heterocycles. The summed E-state index contributed by atoms with van der Waals surface area (Å²) in [5.41, 5.74) is 2.10. The fraction of sp³-hybridized carbons (Fsp3) is 0.278. The number of halogens is 1. The Hall–Kier alpha value is -4.93. The molecule has 1 heterocycles. The van der Waals surface area contributed by atoms with Crippen molar-refractivity contribution in [2.24, 2.45) is 5.92 Å². The molecule has 0 spiro atoms. The fourth-order valence-corrected chi connectivity index (χ4v) is 5.35. The molecule has 3 atom stereocenters. The second-order valence-electron chi connectivity index (χ2n) is 11.6. The van der Waals surface area contributed by atoms with E-state index in [-0.39, 0.29) is 35.8 Å². The minimum atomic E-state index is -0.569. The average Bonchev–Trinajstić information content (AvgIpc) is 3.05. The van der Waals surface area contributed by atoms with Crippen LogP contribution in [-0.4, -0.2) is 65.7 Å². The molecular weight excluding hydrogens is 587 g/mol. The Labute approximate surface area is 268 Å². The maximum Gasteiger partial charge on any atom is 0.323 e. The van der Waals surface area contributed by atoms with E-state index in [0.29, 0.717) is 31.0 Å². The van der Waals surface area contributed by atoms with Crippen LogP contribution in [0, 0.1) is 11.7 Å². The zero-order chi connectivity index (χ0) is 32.6. The van der Waals surface area contributed by atoms with Crippen molar-refractivity contribution in [3.05, 3.63) is 114 Å². The van der Waals surface area contributed by atoms with E-state index in [1.807, 2.05) is 68.6 Å². The van der Waals surface area contributed by atoms with Gasteiger partial charge in [0.15, 0.2) is 5.75 Å². The summed E-state index contributed by atoms with van der Waals surface area (Å²) in [5, 5.41) is 15.5. The van der Waals surface area contributed by atoms with Crippen molar-refractivity contribution in [2.45, 2.75) is 32.5 Å². The lowest BCUT2D eigenvalue weighted by Crippen LogP contribution is -2.49. The highest BCUT2D eigenvalue weighted by Crippen LogP contribution is 2.35. The summed E-state index contributed by atoms with van der Waals surface area (Å²) in [6, 6.07) is 27.0. The third kappa shape index (κ3) is 8.21. The summed E-state index contributed by atoms with van der Waals surface area (Å²) < 4.78 is 25.9. The molecule has 0 aromatic heterocycles. The van der Waals surface area contributed by atoms with Crippen molar-refractivity contribution < 1.29 is 28.6 Å². The lowest BCUT2D eigenvalue weighted by molar-refractivity contribution is 0.0343. The van der Waals surface area contributed by atoms with E-state index in [2.05, 4.69) is 15.5 Å². The first-order valence-corrected chi connectivity index (χ1v) is 15.3. The molecule has 4 aromatic rings. The first-order chi connectivity index (χ1) is 22.2. The van der Waals surface area contributed by atoms with Gasteiger partial charge < -0.3 is 30.1 Å². The minimum Gasteiger partial charge on any atom is -0.486 e. The summed E-state index contributed by atoms with van der Waals surface area (Å²) in [4.78, 5) is 30.5. The van der Waals surface area contributed by atoms with Gasteiger partial charge in [0, 0.05) is 31.2 Å². The molecule has 0 aliphatic carbocycles. The van der Waals surface area contributed by atoms with E-state index in [1.165, 1.54) is 24.3 Å². The van der Waals surface area contributed by atoms with E-state index in [1.54, 1.807) is 30.0 Å². The number of anilines is 2. The number of amides is 3. The van der Waals surface area contributed by atoms with Crippen molar-refractivity contribution in [3.63, 3.8) is 0 Å². The van der Waals surface area contributed by atoms with Crippen LogP contribution in [-0.2, 0) is 6.54 Å². The van der Waals surface area contributed by atoms with Crippen LogP contribution in [0.4, 0.5) is 20.6 Å². The van der Waals surface area contributed by atoms with Gasteiger partial charge in [0.1, 0.15) is 23.4 Å². The van der Waals surface area contributed by atoms with Crippen LogP contribution in [0.25, 0.3) is 0 Å². The molecule has 1 aliphatic rings. The second-order valence-corrected chi connectivity index (χ2v) is 11.6. The van der Waals surface area contributed by atoms with Crippen molar-refractivity contribution in [3.8, 4) is 17.2 Å². The number of hydrogen-bond acceptors (Lipinski definition) is 6. The SMILES string of the molecule is C[C@@H]1CN([C@H](C)CO)C(=O)c2cccc(NC(=O)Nc3ccc(F)cc3)c2O[C@@H]1CN(C)Cc1ccc(Oc2ccccc2)cc1. The molecule has 9 nitrogen and oxygen atoms in total. The monoisotopic (exact) mass is 626 g/mol. The number of nitrogens with zero attached hydrogens (tertiary/aromatic N) is 2. The second kappa shape index (κ2) is 14.9. The molecule has 0 radical (unpaired) electrons. The zero-order valence-corrected chi connectivity index (χ0v) is 26.2. The molecule has 3 N–H and O–H groups in total. The smallest absolute Gasteiger partial charge is 0.323 e. The molecule has 46 heavy (non-hydrogen) atoms. The Morgan fingerprint density at radius 1 is 1.00 bits per heavy atom. The van der Waals surface area contributed by atoms with Gasteiger partial charge in [-0.05, 0) is 80.2 Å². The van der Waals surface area contributed by atoms with E-state index >= 15 is 0 Å². The van der Waals surface area contributed by atoms with Gasteiger partial charge in [-0.25, -0.2) is 9.18 Å². The van der Waals surface area contributed by atoms with Crippen molar-refractivity contribution >= 4 is 23.3 Å². The Kier molecular flexibility index (Phi) is 10.5. The molecular formula is C36H39FN4O5. The maximum absolute atomic E-state index is 13.8. The number of nitrogens with one attached hydrogen (secondary N) is 2. The lowest BCUT2D eigenvalue weighted by atomic mass is 9.99. The Bertz CT molecular complexity index is 1620. The number of benzene rings is 4. The highest BCUT2D eigenvalue weighted by atomic mass is 19.1. The molecule has 3 amide bonds. The summed E-state index contributed by atoms with van der Waals surface area (Å²) in [5.74, 6) is 0.949. The van der Waals surface area contributed by atoms with Crippen molar-refractivity contribution in [1.82, 2.24) is 9.80 Å². The molecule has 4 aromatic carbocycles. The largest absolute Gasteiger partial charge is 0.486 e. The Morgan fingerprint density at radius 3 is 2.39 bits per heavy atom. The number of hydrogen-bond donors (Lipinski definition) is 3. The number of aliphatic hydroxyl groups excluding tert-OH is 1. The predicted molar refractivity (Wildman–Crippen MR) is 176 cm³/mol. The summed E-state index contributed by atoms with van der Waals surface area (Å²) in [7, 11) is 2.00. The first-order valence-electron chi connectivity index (χ1n) is 15.3. The number of fused-ring (bicyclic) bond motifs is 1. The van der Waals surface area contributed by atoms with Gasteiger partial charge in [0.25, 0.3) is 5.91 Å². The van der Waals surface area contributed by atoms with E-state index < -0.39 is 17.9 Å². The van der Waals surface area contributed by atoms with Crippen LogP contribution >= 0.6 is 0 Å². The fourth-order valence-electron chi connectivity index (χ4n) is 5.35. The standard InChI is InChI=1S/C36H39FN4O5/c1-24-20-41(25(2)23-42)35(43)31-10-7-11-32(39-36(44)38-28-16-14-27(37)15-17-28)34(31)46-33(24)22-40(3)21-26-12-18-30(19-13-26)45-29-8-5-4-6-9-29/h4-19,24-25,33,42H,20-23H2,1-3H3,(H2,38,39,44)/t24-,25-,33-/m1/s1. The third-order valence-electron chi connectivity index (χ3n) is 7.89. The third-order valence-corrected chi connectivity index (χ3v) is 7.89. The molecule has 240 valence electrons. The van der Waals surface area contributed by atoms with Crippen LogP contribution in [0.1, 0.15) is 29.8 Å². The Balaban J connectivity index is 1.34. The van der Waals surface area contributed by atoms with E-state index in [9.17, 15) is 19.1 Å². The number of urea groups is 1. The molecule has 0 unspecified atom stereocenters. The quantitative estimate of drug-likeness (QED) is 0.183. The Morgan fingerprint density at radius 2 is 1.70 bits per heavy atom. The predicted octanol–water partition coefficient (Wildman–Crippen LogP) is 6.61. The zero-order valence-electron chi connectivity index (χ0n) is 26.2. The van der Waals surface area contributed by atoms with E-state index in [0.717, 1.165) is 17.1 Å². The number of likely N-dealkylation sites (N-methyl/N-ethyl adjacent to an activating group) is 1. The summed E-state index contributed by atoms with van der Waals surface area (Å²) in [6.45, 7) is 5.17. The topological polar surface area (TPSA) is 103 Å². The van der Waals surface area contributed by atoms with Crippen LogP contribution < -0.4 is 20.1 Å². The average molecular weight is 627 g/mol. The van der Waals surface area contributed by atoms with Gasteiger partial charge in [0.2, 0.25) is 0 Å². The van der Waals surface area contributed by atoms with Crippen molar-refractivity contribution in [2.75, 3.05) is 37.4 Å². The van der Waals surface area contributed by atoms with Gasteiger partial charge in [-0.2, -0.15) is 0 Å². The van der Waals surface area contributed by atoms with Crippen LogP contribution in [0.5, 0.6) is 17.2 Å². The van der Waals surface area contributed by atoms with Gasteiger partial charge in [-0.1, -0.05) is 43.3 Å². The van der Waals surface area contributed by atoms with Crippen LogP contribution in [0.15, 0.2) is 97.1 Å². The normalized spacial score (nSPS) is 16.9. The van der Waals surface area contributed by atoms with Gasteiger partial charge in [-0.15, -0.1) is 0 Å². The number of carbonyl (C=O) groups is 2. The number of ether oxygens (including phenoxy) is 2. The summed E-state index contributed by atoms with van der Waals surface area (Å²) in [6.07, 6.45) is -0.367. The number of aliphatic hydroxyl groups is 1. The molecule has 10 heteroatoms. The minimum absolute atomic E-state index is 0.115.